The van der Waals surface area contributed by atoms with E-state index in [9.17, 15) is 9.59 Å². The molecule has 112 valence electrons. The van der Waals surface area contributed by atoms with Crippen molar-refractivity contribution in [3.63, 3.8) is 0 Å². The van der Waals surface area contributed by atoms with Gasteiger partial charge in [-0.25, -0.2) is 0 Å². The monoisotopic (exact) mass is 290 g/mol. The fourth-order valence-electron chi connectivity index (χ4n) is 2.31. The lowest BCUT2D eigenvalue weighted by atomic mass is 10.0. The first-order valence-corrected chi connectivity index (χ1v) is 7.15. The van der Waals surface area contributed by atoms with Crippen LogP contribution >= 0.6 is 0 Å². The van der Waals surface area contributed by atoms with E-state index in [-0.39, 0.29) is 18.6 Å². The van der Waals surface area contributed by atoms with Crippen LogP contribution in [0.4, 0.5) is 5.69 Å². The van der Waals surface area contributed by atoms with Gasteiger partial charge in [0.1, 0.15) is 5.41 Å². The fraction of sp³-hybridized carbons (Fsp3) is 0.467. The van der Waals surface area contributed by atoms with E-state index in [1.807, 2.05) is 6.92 Å². The minimum Gasteiger partial charge on any atom is -0.454 e. The zero-order valence-corrected chi connectivity index (χ0v) is 11.9. The Balaban J connectivity index is 1.67. The SMILES string of the molecule is CCCNC(=O)C1(C(=O)Nc2ccc3c(c2)OCO3)CC1. The minimum atomic E-state index is -0.897. The normalized spacial score (nSPS) is 17.2. The van der Waals surface area contributed by atoms with Crippen molar-refractivity contribution in [2.45, 2.75) is 26.2 Å². The summed E-state index contributed by atoms with van der Waals surface area (Å²) in [5.41, 5.74) is -0.287. The highest BCUT2D eigenvalue weighted by Crippen LogP contribution is 2.47. The molecule has 2 amide bonds. The van der Waals surface area contributed by atoms with Crippen molar-refractivity contribution in [3.05, 3.63) is 18.2 Å². The summed E-state index contributed by atoms with van der Waals surface area (Å²) in [6, 6.07) is 5.19. The molecule has 1 aromatic carbocycles. The second-order valence-corrected chi connectivity index (χ2v) is 5.36. The molecule has 1 aliphatic carbocycles. The van der Waals surface area contributed by atoms with Crippen LogP contribution in [0.2, 0.25) is 0 Å². The third-order valence-corrected chi connectivity index (χ3v) is 3.79. The van der Waals surface area contributed by atoms with E-state index in [4.69, 9.17) is 9.47 Å². The van der Waals surface area contributed by atoms with E-state index >= 15 is 0 Å². The van der Waals surface area contributed by atoms with E-state index in [0.717, 1.165) is 6.42 Å². The molecule has 21 heavy (non-hydrogen) atoms. The maximum Gasteiger partial charge on any atom is 0.240 e. The van der Waals surface area contributed by atoms with Gasteiger partial charge in [0.2, 0.25) is 18.6 Å². The molecular formula is C15H18N2O4. The van der Waals surface area contributed by atoms with E-state index in [1.54, 1.807) is 18.2 Å². The smallest absolute Gasteiger partial charge is 0.240 e. The zero-order chi connectivity index (χ0) is 14.9. The lowest BCUT2D eigenvalue weighted by Gasteiger charge is -2.15. The molecule has 1 aromatic rings. The van der Waals surface area contributed by atoms with Crippen molar-refractivity contribution in [1.29, 1.82) is 0 Å². The van der Waals surface area contributed by atoms with Gasteiger partial charge in [-0.1, -0.05) is 6.92 Å². The number of anilines is 1. The standard InChI is InChI=1S/C15H18N2O4/c1-2-7-16-13(18)15(5-6-15)14(19)17-10-3-4-11-12(8-10)21-9-20-11/h3-4,8H,2,5-7,9H2,1H3,(H,16,18)(H,17,19). The summed E-state index contributed by atoms with van der Waals surface area (Å²) >= 11 is 0. The average molecular weight is 290 g/mol. The molecule has 3 rings (SSSR count). The van der Waals surface area contributed by atoms with Crippen molar-refractivity contribution in [2.75, 3.05) is 18.7 Å². The van der Waals surface area contributed by atoms with Crippen molar-refractivity contribution in [3.8, 4) is 11.5 Å². The summed E-state index contributed by atoms with van der Waals surface area (Å²) in [6.45, 7) is 2.76. The zero-order valence-electron chi connectivity index (χ0n) is 11.9. The van der Waals surface area contributed by atoms with Gasteiger partial charge in [-0.2, -0.15) is 0 Å². The van der Waals surface area contributed by atoms with Crippen LogP contribution in [0.1, 0.15) is 26.2 Å². The molecule has 0 saturated heterocycles. The molecule has 0 radical (unpaired) electrons. The van der Waals surface area contributed by atoms with Crippen molar-refractivity contribution in [1.82, 2.24) is 5.32 Å². The minimum absolute atomic E-state index is 0.178. The maximum absolute atomic E-state index is 12.4. The summed E-state index contributed by atoms with van der Waals surface area (Å²) in [4.78, 5) is 24.4. The lowest BCUT2D eigenvalue weighted by Crippen LogP contribution is -2.40. The van der Waals surface area contributed by atoms with E-state index in [1.165, 1.54) is 0 Å². The molecule has 6 nitrogen and oxygen atoms in total. The molecule has 2 aliphatic rings. The summed E-state index contributed by atoms with van der Waals surface area (Å²) in [7, 11) is 0. The highest BCUT2D eigenvalue weighted by Gasteiger charge is 2.56. The summed E-state index contributed by atoms with van der Waals surface area (Å²) in [5, 5.41) is 5.60. The second kappa shape index (κ2) is 5.27. The number of ether oxygens (including phenoxy) is 2. The number of nitrogens with one attached hydrogen (secondary N) is 2. The largest absolute Gasteiger partial charge is 0.454 e. The van der Waals surface area contributed by atoms with Crippen molar-refractivity contribution >= 4 is 17.5 Å². The van der Waals surface area contributed by atoms with Crippen LogP contribution in [0.25, 0.3) is 0 Å². The van der Waals surface area contributed by atoms with Crippen LogP contribution in [0.3, 0.4) is 0 Å². The first kappa shape index (κ1) is 13.7. The number of rotatable bonds is 5. The Hall–Kier alpha value is -2.24. The number of hydrogen-bond acceptors (Lipinski definition) is 4. The Morgan fingerprint density at radius 2 is 1.95 bits per heavy atom. The fourth-order valence-corrected chi connectivity index (χ4v) is 2.31. The molecule has 0 bridgehead atoms. The number of benzene rings is 1. The van der Waals surface area contributed by atoms with Crippen molar-refractivity contribution < 1.29 is 19.1 Å². The summed E-state index contributed by atoms with van der Waals surface area (Å²) in [5.74, 6) is 0.834. The third kappa shape index (κ3) is 2.53. The molecule has 1 saturated carbocycles. The lowest BCUT2D eigenvalue weighted by molar-refractivity contribution is -0.134. The second-order valence-electron chi connectivity index (χ2n) is 5.36. The molecule has 0 unspecified atom stereocenters. The van der Waals surface area contributed by atoms with Crippen molar-refractivity contribution in [2.24, 2.45) is 5.41 Å². The average Bonchev–Trinajstić information content (AvgIpc) is 3.17. The highest BCUT2D eigenvalue weighted by atomic mass is 16.7. The number of carbonyl (C=O) groups excluding carboxylic acids is 2. The van der Waals surface area contributed by atoms with Gasteiger partial charge in [0.25, 0.3) is 0 Å². The Labute approximate surface area is 122 Å². The van der Waals surface area contributed by atoms with Gasteiger partial charge >= 0.3 is 0 Å². The maximum atomic E-state index is 12.4. The summed E-state index contributed by atoms with van der Waals surface area (Å²) in [6.07, 6.45) is 2.05. The van der Waals surface area contributed by atoms with Crippen LogP contribution < -0.4 is 20.1 Å². The van der Waals surface area contributed by atoms with Crippen LogP contribution in [0, 0.1) is 5.41 Å². The molecule has 6 heteroatoms. The Morgan fingerprint density at radius 1 is 1.19 bits per heavy atom. The third-order valence-electron chi connectivity index (χ3n) is 3.79. The van der Waals surface area contributed by atoms with Gasteiger partial charge < -0.3 is 20.1 Å². The molecule has 1 heterocycles. The van der Waals surface area contributed by atoms with E-state index in [2.05, 4.69) is 10.6 Å². The van der Waals surface area contributed by atoms with Gasteiger partial charge in [0.15, 0.2) is 11.5 Å². The topological polar surface area (TPSA) is 76.7 Å². The van der Waals surface area contributed by atoms with Gasteiger partial charge in [0.05, 0.1) is 0 Å². The predicted molar refractivity (Wildman–Crippen MR) is 76.2 cm³/mol. The molecular weight excluding hydrogens is 272 g/mol. The quantitative estimate of drug-likeness (QED) is 0.809. The molecule has 1 aliphatic heterocycles. The first-order chi connectivity index (χ1) is 10.2. The number of carbonyl (C=O) groups is 2. The van der Waals surface area contributed by atoms with Gasteiger partial charge in [-0.05, 0) is 31.4 Å². The highest BCUT2D eigenvalue weighted by molar-refractivity contribution is 6.13. The molecule has 0 atom stereocenters. The summed E-state index contributed by atoms with van der Waals surface area (Å²) < 4.78 is 10.5. The van der Waals surface area contributed by atoms with Gasteiger partial charge in [-0.15, -0.1) is 0 Å². The predicted octanol–water partition coefficient (Wildman–Crippen LogP) is 1.66. The Bertz CT molecular complexity index is 581. The van der Waals surface area contributed by atoms with E-state index < -0.39 is 5.41 Å². The van der Waals surface area contributed by atoms with Crippen LogP contribution in [-0.2, 0) is 9.59 Å². The number of hydrogen-bond donors (Lipinski definition) is 2. The Morgan fingerprint density at radius 3 is 2.67 bits per heavy atom. The molecule has 0 spiro atoms. The van der Waals surface area contributed by atoms with Gasteiger partial charge in [0, 0.05) is 18.3 Å². The molecule has 2 N–H and O–H groups in total. The number of fused-ring (bicyclic) bond motifs is 1. The molecule has 0 aromatic heterocycles. The van der Waals surface area contributed by atoms with Crippen LogP contribution in [0.15, 0.2) is 18.2 Å². The molecule has 1 fully saturated rings. The van der Waals surface area contributed by atoms with Crippen LogP contribution in [0.5, 0.6) is 11.5 Å². The first-order valence-electron chi connectivity index (χ1n) is 7.15. The van der Waals surface area contributed by atoms with E-state index in [0.29, 0.717) is 36.6 Å². The number of amides is 2. The van der Waals surface area contributed by atoms with Gasteiger partial charge in [-0.3, -0.25) is 9.59 Å². The van der Waals surface area contributed by atoms with Crippen LogP contribution in [-0.4, -0.2) is 25.2 Å². The Kier molecular flexibility index (Phi) is 3.45.